The first kappa shape index (κ1) is 22.4. The summed E-state index contributed by atoms with van der Waals surface area (Å²) in [5, 5.41) is 10.9. The van der Waals surface area contributed by atoms with Gasteiger partial charge in [0.2, 0.25) is 11.2 Å². The number of benzene rings is 4. The van der Waals surface area contributed by atoms with E-state index in [0.717, 1.165) is 22.6 Å². The van der Waals surface area contributed by atoms with Crippen LogP contribution >= 0.6 is 0 Å². The SMILES string of the molecule is C[NH+](Cc1ccccc1)Cc1c(O)ccc2c(=O)c(Oc3ccc(-c4ccccc4)cc3)coc12. The van der Waals surface area contributed by atoms with Crippen LogP contribution in [0.5, 0.6) is 17.2 Å². The zero-order chi connectivity index (χ0) is 24.2. The molecule has 1 atom stereocenters. The van der Waals surface area contributed by atoms with E-state index in [1.54, 1.807) is 12.1 Å². The molecule has 0 aliphatic heterocycles. The lowest BCUT2D eigenvalue weighted by molar-refractivity contribution is -0.907. The summed E-state index contributed by atoms with van der Waals surface area (Å²) in [4.78, 5) is 14.3. The minimum absolute atomic E-state index is 0.103. The van der Waals surface area contributed by atoms with E-state index in [1.165, 1.54) is 11.8 Å². The van der Waals surface area contributed by atoms with Crippen molar-refractivity contribution in [2.24, 2.45) is 0 Å². The first-order valence-corrected chi connectivity index (χ1v) is 11.5. The summed E-state index contributed by atoms with van der Waals surface area (Å²) in [6.45, 7) is 1.28. The summed E-state index contributed by atoms with van der Waals surface area (Å²) < 4.78 is 11.7. The van der Waals surface area contributed by atoms with Gasteiger partial charge in [0.1, 0.15) is 30.9 Å². The van der Waals surface area contributed by atoms with Gasteiger partial charge in [0.25, 0.3) is 0 Å². The second-order valence-electron chi connectivity index (χ2n) is 8.66. The van der Waals surface area contributed by atoms with Gasteiger partial charge in [0.15, 0.2) is 5.58 Å². The standard InChI is InChI=1S/C30H25NO4/c1-31(18-21-8-4-2-5-9-21)19-26-27(32)17-16-25-29(33)28(20-34-30(25)26)35-24-14-12-23(13-15-24)22-10-6-3-7-11-22/h2-17,20,32H,18-19H2,1H3/p+1. The number of ether oxygens (including phenoxy) is 1. The molecule has 0 aliphatic rings. The zero-order valence-electron chi connectivity index (χ0n) is 19.4. The number of hydrogen-bond acceptors (Lipinski definition) is 4. The van der Waals surface area contributed by atoms with Crippen molar-refractivity contribution in [3.05, 3.63) is 125 Å². The minimum Gasteiger partial charge on any atom is -0.507 e. The van der Waals surface area contributed by atoms with Crippen LogP contribution in [0.2, 0.25) is 0 Å². The molecular weight excluding hydrogens is 438 g/mol. The number of quaternary nitrogens is 1. The Kier molecular flexibility index (Phi) is 6.33. The van der Waals surface area contributed by atoms with E-state index >= 15 is 0 Å². The molecular formula is C30H26NO4+. The molecule has 1 unspecified atom stereocenters. The molecule has 0 amide bonds. The number of fused-ring (bicyclic) bond motifs is 1. The Bertz CT molecular complexity index is 1490. The lowest BCUT2D eigenvalue weighted by atomic mass is 10.1. The Morgan fingerprint density at radius 3 is 2.17 bits per heavy atom. The molecule has 5 rings (SSSR count). The van der Waals surface area contributed by atoms with Crippen molar-refractivity contribution in [2.45, 2.75) is 13.1 Å². The van der Waals surface area contributed by atoms with Crippen molar-refractivity contribution in [3.63, 3.8) is 0 Å². The molecule has 1 aromatic heterocycles. The third-order valence-corrected chi connectivity index (χ3v) is 6.00. The van der Waals surface area contributed by atoms with E-state index < -0.39 is 0 Å². The average Bonchev–Trinajstić information content (AvgIpc) is 2.89. The van der Waals surface area contributed by atoms with Crippen LogP contribution in [0.3, 0.4) is 0 Å². The molecule has 2 N–H and O–H groups in total. The maximum atomic E-state index is 13.2. The van der Waals surface area contributed by atoms with E-state index in [-0.39, 0.29) is 16.9 Å². The molecule has 35 heavy (non-hydrogen) atoms. The molecule has 0 spiro atoms. The molecule has 1 heterocycles. The van der Waals surface area contributed by atoms with Gasteiger partial charge in [-0.3, -0.25) is 4.79 Å². The fourth-order valence-electron chi connectivity index (χ4n) is 4.25. The number of rotatable bonds is 7. The third-order valence-electron chi connectivity index (χ3n) is 6.00. The van der Waals surface area contributed by atoms with Crippen LogP contribution in [-0.4, -0.2) is 12.2 Å². The van der Waals surface area contributed by atoms with Gasteiger partial charge in [-0.15, -0.1) is 0 Å². The number of phenols is 1. The molecule has 0 aliphatic carbocycles. The van der Waals surface area contributed by atoms with Gasteiger partial charge in [-0.2, -0.15) is 0 Å². The van der Waals surface area contributed by atoms with E-state index in [2.05, 4.69) is 12.1 Å². The van der Waals surface area contributed by atoms with Gasteiger partial charge in [0.05, 0.1) is 18.0 Å². The summed E-state index contributed by atoms with van der Waals surface area (Å²) in [7, 11) is 2.04. The predicted molar refractivity (Wildman–Crippen MR) is 137 cm³/mol. The molecule has 0 saturated heterocycles. The maximum Gasteiger partial charge on any atom is 0.235 e. The summed E-state index contributed by atoms with van der Waals surface area (Å²) in [6, 6.07) is 30.9. The van der Waals surface area contributed by atoms with Crippen LogP contribution in [0.4, 0.5) is 0 Å². The van der Waals surface area contributed by atoms with Crippen LogP contribution in [0, 0.1) is 0 Å². The highest BCUT2D eigenvalue weighted by Crippen LogP contribution is 2.29. The Hall–Kier alpha value is -4.35. The summed E-state index contributed by atoms with van der Waals surface area (Å²) in [5.74, 6) is 0.757. The van der Waals surface area contributed by atoms with Gasteiger partial charge in [-0.1, -0.05) is 72.8 Å². The van der Waals surface area contributed by atoms with Gasteiger partial charge >= 0.3 is 0 Å². The Morgan fingerprint density at radius 1 is 0.800 bits per heavy atom. The molecule has 5 heteroatoms. The fraction of sp³-hybridized carbons (Fsp3) is 0.100. The largest absolute Gasteiger partial charge is 0.507 e. The van der Waals surface area contributed by atoms with Crippen molar-refractivity contribution in [1.82, 2.24) is 0 Å². The Labute approximate surface area is 203 Å². The van der Waals surface area contributed by atoms with Gasteiger partial charge < -0.3 is 19.2 Å². The number of hydrogen-bond donors (Lipinski definition) is 2. The average molecular weight is 465 g/mol. The molecule has 0 saturated carbocycles. The summed E-state index contributed by atoms with van der Waals surface area (Å²) in [6.07, 6.45) is 1.32. The van der Waals surface area contributed by atoms with E-state index in [9.17, 15) is 9.90 Å². The predicted octanol–water partition coefficient (Wildman–Crippen LogP) is 5.17. The maximum absolute atomic E-state index is 13.2. The van der Waals surface area contributed by atoms with Crippen LogP contribution in [0.25, 0.3) is 22.1 Å². The van der Waals surface area contributed by atoms with Crippen molar-refractivity contribution >= 4 is 11.0 Å². The van der Waals surface area contributed by atoms with Crippen LogP contribution in [0.1, 0.15) is 11.1 Å². The second kappa shape index (κ2) is 9.87. The Balaban J connectivity index is 1.39. The van der Waals surface area contributed by atoms with E-state index in [4.69, 9.17) is 9.15 Å². The van der Waals surface area contributed by atoms with Crippen molar-refractivity contribution < 1.29 is 19.2 Å². The highest BCUT2D eigenvalue weighted by Gasteiger charge is 2.18. The lowest BCUT2D eigenvalue weighted by Crippen LogP contribution is -3.06. The van der Waals surface area contributed by atoms with Gasteiger partial charge in [0, 0.05) is 5.56 Å². The Morgan fingerprint density at radius 2 is 1.46 bits per heavy atom. The molecule has 0 bridgehead atoms. The smallest absolute Gasteiger partial charge is 0.235 e. The molecule has 5 aromatic rings. The molecule has 5 nitrogen and oxygen atoms in total. The van der Waals surface area contributed by atoms with E-state index in [0.29, 0.717) is 28.8 Å². The normalized spacial score (nSPS) is 11.9. The van der Waals surface area contributed by atoms with Crippen molar-refractivity contribution in [2.75, 3.05) is 7.05 Å². The highest BCUT2D eigenvalue weighted by molar-refractivity contribution is 5.82. The van der Waals surface area contributed by atoms with Crippen LogP contribution < -0.4 is 15.1 Å². The first-order chi connectivity index (χ1) is 17.1. The fourth-order valence-corrected chi connectivity index (χ4v) is 4.25. The van der Waals surface area contributed by atoms with Crippen LogP contribution in [0.15, 0.2) is 113 Å². The number of aromatic hydroxyl groups is 1. The topological polar surface area (TPSA) is 64.1 Å². The zero-order valence-corrected chi connectivity index (χ0v) is 19.4. The van der Waals surface area contributed by atoms with E-state index in [1.807, 2.05) is 79.8 Å². The monoisotopic (exact) mass is 464 g/mol. The highest BCUT2D eigenvalue weighted by atomic mass is 16.5. The summed E-state index contributed by atoms with van der Waals surface area (Å²) in [5.41, 5.74) is 4.07. The third kappa shape index (κ3) is 4.95. The van der Waals surface area contributed by atoms with Crippen molar-refractivity contribution in [1.29, 1.82) is 0 Å². The van der Waals surface area contributed by atoms with Gasteiger partial charge in [-0.05, 0) is 35.4 Å². The lowest BCUT2D eigenvalue weighted by Gasteiger charge is -2.16. The first-order valence-electron chi connectivity index (χ1n) is 11.5. The molecule has 4 aromatic carbocycles. The molecule has 0 fully saturated rings. The number of nitrogens with one attached hydrogen (secondary N) is 1. The van der Waals surface area contributed by atoms with Gasteiger partial charge in [-0.25, -0.2) is 0 Å². The summed E-state index contributed by atoms with van der Waals surface area (Å²) >= 11 is 0. The molecule has 174 valence electrons. The quantitative estimate of drug-likeness (QED) is 0.349. The second-order valence-corrected chi connectivity index (χ2v) is 8.66. The van der Waals surface area contributed by atoms with Crippen LogP contribution in [-0.2, 0) is 13.1 Å². The number of phenolic OH excluding ortho intramolecular Hbond substituents is 1. The molecule has 0 radical (unpaired) electrons. The minimum atomic E-state index is -0.277. The van der Waals surface area contributed by atoms with Crippen molar-refractivity contribution in [3.8, 4) is 28.4 Å².